The number of aliphatic hydroxyl groups is 2. The minimum Gasteiger partial charge on any atom is -0.478 e. The summed E-state index contributed by atoms with van der Waals surface area (Å²) in [7, 11) is 0. The second-order valence-corrected chi connectivity index (χ2v) is 14.0. The number of aryl methyl sites for hydroxylation is 1. The second kappa shape index (κ2) is 10.3. The van der Waals surface area contributed by atoms with Gasteiger partial charge < -0.3 is 15.3 Å². The molecule has 1 aromatic carbocycles. The standard InChI is InChI=1S/C33H50O4/c1-5-24-28-19-23(34)15-17-33(28,4)27-16-18-32(3)25(13-14-26(32)29(27)30(24)35)20(2)7-6-8-21-9-11-22(12-10-21)31(36)37/h9-12,20,23-30,34-35H,5-8,13-19H2,1-4H3,(H,36,37)/t20-,23-,24-,25-,26+,27+,28+,29+,30-,32-,33-/m1/s1. The third kappa shape index (κ3) is 4.58. The van der Waals surface area contributed by atoms with Crippen molar-refractivity contribution in [1.29, 1.82) is 0 Å². The Labute approximate surface area is 224 Å². The molecule has 0 saturated heterocycles. The smallest absolute Gasteiger partial charge is 0.335 e. The summed E-state index contributed by atoms with van der Waals surface area (Å²) >= 11 is 0. The van der Waals surface area contributed by atoms with Crippen LogP contribution in [0.3, 0.4) is 0 Å². The molecule has 0 radical (unpaired) electrons. The maximum Gasteiger partial charge on any atom is 0.335 e. The molecule has 0 spiro atoms. The van der Waals surface area contributed by atoms with Gasteiger partial charge in [-0.05, 0) is 128 Å². The van der Waals surface area contributed by atoms with Crippen molar-refractivity contribution in [3.8, 4) is 0 Å². The molecule has 1 aromatic rings. The van der Waals surface area contributed by atoms with Gasteiger partial charge in [-0.2, -0.15) is 0 Å². The van der Waals surface area contributed by atoms with Crippen LogP contribution in [-0.4, -0.2) is 33.5 Å². The van der Waals surface area contributed by atoms with Gasteiger partial charge in [0.25, 0.3) is 0 Å². The number of fused-ring (bicyclic) bond motifs is 5. The molecule has 0 unspecified atom stereocenters. The van der Waals surface area contributed by atoms with Gasteiger partial charge in [-0.25, -0.2) is 4.79 Å². The zero-order valence-corrected chi connectivity index (χ0v) is 23.5. The maximum atomic E-state index is 11.9. The molecule has 4 aliphatic rings. The summed E-state index contributed by atoms with van der Waals surface area (Å²) in [6, 6.07) is 7.38. The Morgan fingerprint density at radius 3 is 2.32 bits per heavy atom. The second-order valence-electron chi connectivity index (χ2n) is 14.0. The van der Waals surface area contributed by atoms with Crippen molar-refractivity contribution in [3.05, 3.63) is 35.4 Å². The molecule has 0 amide bonds. The van der Waals surface area contributed by atoms with Crippen LogP contribution < -0.4 is 0 Å². The van der Waals surface area contributed by atoms with Gasteiger partial charge in [0.15, 0.2) is 0 Å². The van der Waals surface area contributed by atoms with Crippen molar-refractivity contribution in [2.75, 3.05) is 0 Å². The molecule has 11 atom stereocenters. The molecule has 0 aliphatic heterocycles. The van der Waals surface area contributed by atoms with Crippen molar-refractivity contribution in [1.82, 2.24) is 0 Å². The Bertz CT molecular complexity index is 958. The molecular weight excluding hydrogens is 460 g/mol. The highest BCUT2D eigenvalue weighted by molar-refractivity contribution is 5.87. The summed E-state index contributed by atoms with van der Waals surface area (Å²) in [6.45, 7) is 9.81. The van der Waals surface area contributed by atoms with Gasteiger partial charge in [-0.3, -0.25) is 0 Å². The van der Waals surface area contributed by atoms with E-state index in [4.69, 9.17) is 5.11 Å². The first-order valence-electron chi connectivity index (χ1n) is 15.3. The van der Waals surface area contributed by atoms with E-state index in [0.29, 0.717) is 46.5 Å². The Morgan fingerprint density at radius 2 is 1.65 bits per heavy atom. The normalized spacial score (nSPS) is 43.9. The van der Waals surface area contributed by atoms with E-state index < -0.39 is 5.97 Å². The third-order valence-corrected chi connectivity index (χ3v) is 12.5. The fourth-order valence-corrected chi connectivity index (χ4v) is 10.6. The Balaban J connectivity index is 1.27. The monoisotopic (exact) mass is 510 g/mol. The SMILES string of the molecule is CC[C@H]1[C@@H](O)[C@@H]2[C@H](CC[C@]3(C)[C@@H]([C@H](C)CCCc4ccc(C(=O)O)cc4)CC[C@@H]23)[C@@]2(C)CC[C@@H](O)C[C@@H]12. The molecule has 3 N–H and O–H groups in total. The average Bonchev–Trinajstić information content (AvgIpc) is 3.23. The van der Waals surface area contributed by atoms with Crippen LogP contribution in [0.5, 0.6) is 0 Å². The molecule has 4 heteroatoms. The van der Waals surface area contributed by atoms with E-state index in [-0.39, 0.29) is 17.6 Å². The number of aromatic carboxylic acids is 1. The van der Waals surface area contributed by atoms with Crippen molar-refractivity contribution >= 4 is 5.97 Å². The largest absolute Gasteiger partial charge is 0.478 e. The van der Waals surface area contributed by atoms with Crippen LogP contribution in [0.15, 0.2) is 24.3 Å². The molecule has 0 bridgehead atoms. The fourth-order valence-electron chi connectivity index (χ4n) is 10.6. The van der Waals surface area contributed by atoms with E-state index in [1.807, 2.05) is 12.1 Å². The van der Waals surface area contributed by atoms with Crippen LogP contribution in [0.2, 0.25) is 0 Å². The number of carbonyl (C=O) groups is 1. The highest BCUT2D eigenvalue weighted by Gasteiger charge is 2.64. The van der Waals surface area contributed by atoms with E-state index in [9.17, 15) is 15.0 Å². The molecule has 37 heavy (non-hydrogen) atoms. The number of rotatable bonds is 7. The van der Waals surface area contributed by atoms with E-state index in [0.717, 1.165) is 44.4 Å². The zero-order chi connectivity index (χ0) is 26.5. The first-order chi connectivity index (χ1) is 17.6. The number of benzene rings is 1. The van der Waals surface area contributed by atoms with Crippen molar-refractivity contribution in [2.45, 2.75) is 111 Å². The summed E-state index contributed by atoms with van der Waals surface area (Å²) in [6.07, 6.45) is 12.0. The fraction of sp³-hybridized carbons (Fsp3) is 0.788. The van der Waals surface area contributed by atoms with Gasteiger partial charge in [0.05, 0.1) is 17.8 Å². The van der Waals surface area contributed by atoms with Crippen LogP contribution in [0.1, 0.15) is 108 Å². The number of aliphatic hydroxyl groups excluding tert-OH is 2. The van der Waals surface area contributed by atoms with Gasteiger partial charge >= 0.3 is 5.97 Å². The molecule has 4 fully saturated rings. The lowest BCUT2D eigenvalue weighted by molar-refractivity contribution is -0.203. The van der Waals surface area contributed by atoms with Crippen molar-refractivity contribution in [3.63, 3.8) is 0 Å². The number of carboxylic acid groups (broad SMARTS) is 1. The molecule has 4 nitrogen and oxygen atoms in total. The lowest BCUT2D eigenvalue weighted by Gasteiger charge is -2.64. The summed E-state index contributed by atoms with van der Waals surface area (Å²) in [5.41, 5.74) is 2.17. The van der Waals surface area contributed by atoms with E-state index in [1.54, 1.807) is 12.1 Å². The number of carboxylic acids is 1. The van der Waals surface area contributed by atoms with Crippen molar-refractivity contribution < 1.29 is 20.1 Å². The van der Waals surface area contributed by atoms with Crippen molar-refractivity contribution in [2.24, 2.45) is 52.3 Å². The molecule has 4 saturated carbocycles. The summed E-state index contributed by atoms with van der Waals surface area (Å²) in [5.74, 6) is 2.96. The molecule has 5 rings (SSSR count). The van der Waals surface area contributed by atoms with Crippen LogP contribution in [0.4, 0.5) is 0 Å². The summed E-state index contributed by atoms with van der Waals surface area (Å²) in [4.78, 5) is 11.1. The summed E-state index contributed by atoms with van der Waals surface area (Å²) in [5, 5.41) is 31.5. The van der Waals surface area contributed by atoms with Gasteiger partial charge in [-0.15, -0.1) is 0 Å². The Kier molecular flexibility index (Phi) is 7.57. The molecular formula is C33H50O4. The van der Waals surface area contributed by atoms with Gasteiger partial charge in [0.1, 0.15) is 0 Å². The molecule has 0 aromatic heterocycles. The predicted molar refractivity (Wildman–Crippen MR) is 147 cm³/mol. The molecule has 4 aliphatic carbocycles. The van der Waals surface area contributed by atoms with Crippen LogP contribution in [0, 0.1) is 52.3 Å². The quantitative estimate of drug-likeness (QED) is 0.370. The highest BCUT2D eigenvalue weighted by atomic mass is 16.4. The van der Waals surface area contributed by atoms with E-state index >= 15 is 0 Å². The Hall–Kier alpha value is -1.39. The topological polar surface area (TPSA) is 77.8 Å². The lowest BCUT2D eigenvalue weighted by Crippen LogP contribution is -2.62. The van der Waals surface area contributed by atoms with E-state index in [2.05, 4.69) is 27.7 Å². The minimum absolute atomic E-state index is 0.184. The van der Waals surface area contributed by atoms with Crippen LogP contribution in [-0.2, 0) is 6.42 Å². The van der Waals surface area contributed by atoms with Crippen LogP contribution >= 0.6 is 0 Å². The molecule has 0 heterocycles. The first-order valence-corrected chi connectivity index (χ1v) is 15.3. The van der Waals surface area contributed by atoms with E-state index in [1.165, 1.54) is 37.7 Å². The lowest BCUT2D eigenvalue weighted by atomic mass is 9.41. The summed E-state index contributed by atoms with van der Waals surface area (Å²) < 4.78 is 0. The van der Waals surface area contributed by atoms with Crippen LogP contribution in [0.25, 0.3) is 0 Å². The zero-order valence-electron chi connectivity index (χ0n) is 23.5. The van der Waals surface area contributed by atoms with Gasteiger partial charge in [0.2, 0.25) is 0 Å². The molecule has 206 valence electrons. The number of hydrogen-bond acceptors (Lipinski definition) is 3. The predicted octanol–water partition coefficient (Wildman–Crippen LogP) is 6.97. The highest BCUT2D eigenvalue weighted by Crippen LogP contribution is 2.69. The van der Waals surface area contributed by atoms with Gasteiger partial charge in [0, 0.05) is 0 Å². The maximum absolute atomic E-state index is 11.9. The minimum atomic E-state index is -0.863. The third-order valence-electron chi connectivity index (χ3n) is 12.5. The number of hydrogen-bond donors (Lipinski definition) is 3. The van der Waals surface area contributed by atoms with Gasteiger partial charge in [-0.1, -0.05) is 52.7 Å². The first kappa shape index (κ1) is 27.2. The average molecular weight is 511 g/mol. The Morgan fingerprint density at radius 1 is 0.973 bits per heavy atom.